The van der Waals surface area contributed by atoms with E-state index in [1.54, 1.807) is 0 Å². The van der Waals surface area contributed by atoms with Gasteiger partial charge in [0.15, 0.2) is 6.10 Å². The number of rotatable bonds is 39. The Morgan fingerprint density at radius 1 is 0.574 bits per heavy atom. The quantitative estimate of drug-likeness (QED) is 0.0234. The topological polar surface area (TPSA) is 172 Å². The van der Waals surface area contributed by atoms with Gasteiger partial charge in [-0.05, 0) is 44.9 Å². The van der Waals surface area contributed by atoms with Crippen LogP contribution in [0.1, 0.15) is 181 Å². The fourth-order valence-electron chi connectivity index (χ4n) is 5.55. The minimum Gasteiger partial charge on any atom is -0.480 e. The lowest BCUT2D eigenvalue weighted by atomic mass is 10.0. The summed E-state index contributed by atoms with van der Waals surface area (Å²) >= 11 is 0. The minimum absolute atomic E-state index is 0.0910. The molecule has 0 spiro atoms. The van der Waals surface area contributed by atoms with Crippen LogP contribution >= 0.6 is 7.82 Å². The second kappa shape index (κ2) is 37.6. The van der Waals surface area contributed by atoms with E-state index >= 15 is 0 Å². The van der Waals surface area contributed by atoms with E-state index in [0.717, 1.165) is 38.5 Å². The fourth-order valence-corrected chi connectivity index (χ4v) is 6.33. The van der Waals surface area contributed by atoms with Crippen LogP contribution in [0.3, 0.4) is 0 Å². The molecule has 11 nitrogen and oxygen atoms in total. The third-order valence-electron chi connectivity index (χ3n) is 8.89. The Morgan fingerprint density at radius 2 is 1.00 bits per heavy atom. The molecule has 0 amide bonds. The molecule has 0 aromatic rings. The van der Waals surface area contributed by atoms with Crippen LogP contribution in [-0.4, -0.2) is 59.9 Å². The van der Waals surface area contributed by atoms with E-state index in [1.807, 2.05) is 12.2 Å². The highest BCUT2D eigenvalue weighted by atomic mass is 31.2. The smallest absolute Gasteiger partial charge is 0.472 e. The number of nitrogens with two attached hydrogens (primary N) is 1. The van der Waals surface area contributed by atoms with Crippen LogP contribution in [0.15, 0.2) is 36.5 Å². The molecule has 0 aliphatic heterocycles. The molecule has 0 radical (unpaired) electrons. The van der Waals surface area contributed by atoms with Crippen LogP contribution in [0.4, 0.5) is 0 Å². The van der Waals surface area contributed by atoms with Gasteiger partial charge in [0.1, 0.15) is 12.6 Å². The fraction of sp³-hybridized carbons (Fsp3) is 0.786. The summed E-state index contributed by atoms with van der Waals surface area (Å²) in [7, 11) is -4.72. The van der Waals surface area contributed by atoms with Gasteiger partial charge in [0.25, 0.3) is 0 Å². The largest absolute Gasteiger partial charge is 0.480 e. The summed E-state index contributed by atoms with van der Waals surface area (Å²) in [5, 5.41) is 8.87. The van der Waals surface area contributed by atoms with Crippen molar-refractivity contribution in [3.05, 3.63) is 36.5 Å². The molecule has 0 aliphatic carbocycles. The molecule has 54 heavy (non-hydrogen) atoms. The lowest BCUT2D eigenvalue weighted by molar-refractivity contribution is -0.161. The highest BCUT2D eigenvalue weighted by Crippen LogP contribution is 2.43. The van der Waals surface area contributed by atoms with E-state index in [9.17, 15) is 23.8 Å². The summed E-state index contributed by atoms with van der Waals surface area (Å²) in [5.41, 5.74) is 5.32. The van der Waals surface area contributed by atoms with Crippen LogP contribution < -0.4 is 5.73 Å². The Morgan fingerprint density at radius 3 is 1.52 bits per heavy atom. The summed E-state index contributed by atoms with van der Waals surface area (Å²) in [6.45, 7) is 2.74. The van der Waals surface area contributed by atoms with E-state index in [4.69, 9.17) is 24.8 Å². The molecule has 0 bridgehead atoms. The molecule has 0 fully saturated rings. The molecule has 1 unspecified atom stereocenters. The Bertz CT molecular complexity index is 1060. The Kier molecular flexibility index (Phi) is 36.0. The Balaban J connectivity index is 4.47. The number of carboxylic acids is 1. The minimum atomic E-state index is -4.72. The van der Waals surface area contributed by atoms with Gasteiger partial charge in [-0.25, -0.2) is 4.57 Å². The number of unbranched alkanes of at least 4 members (excludes halogenated alkanes) is 19. The molecular formula is C42H76NO10P. The number of carbonyl (C=O) groups is 3. The predicted octanol–water partition coefficient (Wildman–Crippen LogP) is 10.8. The number of hydrogen-bond donors (Lipinski definition) is 3. The van der Waals surface area contributed by atoms with Crippen molar-refractivity contribution in [2.75, 3.05) is 19.8 Å². The van der Waals surface area contributed by atoms with Gasteiger partial charge in [0, 0.05) is 12.8 Å². The number of hydrogen-bond acceptors (Lipinski definition) is 9. The number of phosphoric ester groups is 1. The zero-order valence-electron chi connectivity index (χ0n) is 33.8. The number of esters is 2. The normalized spacial score (nSPS) is 14.1. The van der Waals surface area contributed by atoms with Crippen LogP contribution in [0.25, 0.3) is 0 Å². The summed E-state index contributed by atoms with van der Waals surface area (Å²) in [6.07, 6.45) is 39.3. The average Bonchev–Trinajstić information content (AvgIpc) is 3.14. The first-order valence-corrected chi connectivity index (χ1v) is 22.5. The van der Waals surface area contributed by atoms with Crippen molar-refractivity contribution in [1.29, 1.82) is 0 Å². The van der Waals surface area contributed by atoms with Crippen molar-refractivity contribution in [3.8, 4) is 0 Å². The van der Waals surface area contributed by atoms with Crippen molar-refractivity contribution >= 4 is 25.7 Å². The SMILES string of the molecule is CCCCCCCC/C=C\C/C=C\C/C=C\CCCC(=O)O[C@H](COC(=O)CCCCCCCCCCCCCCC)COP(=O)(O)OC[C@H](N)C(=O)O. The number of aliphatic carboxylic acids is 1. The maximum atomic E-state index is 12.6. The van der Waals surface area contributed by atoms with Crippen molar-refractivity contribution in [1.82, 2.24) is 0 Å². The molecule has 0 aromatic heterocycles. The number of phosphoric acid groups is 1. The standard InChI is InChI=1S/C42H76NO10P/c1-3-5-7-9-11-13-15-17-18-19-20-22-24-26-28-30-32-34-41(45)53-38(36-51-54(48,49)52-37-39(43)42(46)47)35-50-40(44)33-31-29-27-25-23-21-16-14-12-10-8-6-4-2/h17-18,20,22,26,28,38-39H,3-16,19,21,23-25,27,29-37,43H2,1-2H3,(H,46,47)(H,48,49)/b18-17-,22-20-,28-26-/t38-,39+/m1/s1. The summed E-state index contributed by atoms with van der Waals surface area (Å²) in [5.74, 6) is -2.44. The maximum Gasteiger partial charge on any atom is 0.472 e. The van der Waals surface area contributed by atoms with E-state index in [0.29, 0.717) is 19.3 Å². The molecular weight excluding hydrogens is 709 g/mol. The van der Waals surface area contributed by atoms with Gasteiger partial charge in [-0.1, -0.05) is 159 Å². The van der Waals surface area contributed by atoms with Gasteiger partial charge in [-0.3, -0.25) is 23.4 Å². The van der Waals surface area contributed by atoms with E-state index in [-0.39, 0.29) is 19.4 Å². The van der Waals surface area contributed by atoms with Crippen LogP contribution in [-0.2, 0) is 37.5 Å². The summed E-state index contributed by atoms with van der Waals surface area (Å²) in [6, 6.07) is -1.53. The highest BCUT2D eigenvalue weighted by Gasteiger charge is 2.28. The van der Waals surface area contributed by atoms with Crippen LogP contribution in [0.2, 0.25) is 0 Å². The highest BCUT2D eigenvalue weighted by molar-refractivity contribution is 7.47. The molecule has 0 heterocycles. The monoisotopic (exact) mass is 786 g/mol. The second-order valence-electron chi connectivity index (χ2n) is 14.1. The van der Waals surface area contributed by atoms with E-state index in [1.165, 1.54) is 96.3 Å². The zero-order chi connectivity index (χ0) is 40.0. The van der Waals surface area contributed by atoms with Crippen molar-refractivity contribution in [2.24, 2.45) is 5.73 Å². The summed E-state index contributed by atoms with van der Waals surface area (Å²) in [4.78, 5) is 45.8. The maximum absolute atomic E-state index is 12.6. The number of ether oxygens (including phenoxy) is 2. The lowest BCUT2D eigenvalue weighted by Crippen LogP contribution is -2.34. The zero-order valence-corrected chi connectivity index (χ0v) is 34.7. The molecule has 0 saturated heterocycles. The number of allylic oxidation sites excluding steroid dienone is 6. The van der Waals surface area contributed by atoms with Gasteiger partial charge in [0.2, 0.25) is 0 Å². The Hall–Kier alpha value is -2.30. The molecule has 0 aromatic carbocycles. The van der Waals surface area contributed by atoms with Crippen molar-refractivity contribution in [2.45, 2.75) is 193 Å². The molecule has 3 atom stereocenters. The predicted molar refractivity (Wildman–Crippen MR) is 217 cm³/mol. The second-order valence-corrected chi connectivity index (χ2v) is 15.6. The molecule has 314 valence electrons. The van der Waals surface area contributed by atoms with Crippen molar-refractivity contribution in [3.63, 3.8) is 0 Å². The number of carboxylic acid groups (broad SMARTS) is 1. The van der Waals surface area contributed by atoms with E-state index in [2.05, 4.69) is 42.7 Å². The lowest BCUT2D eigenvalue weighted by Gasteiger charge is -2.20. The van der Waals surface area contributed by atoms with Gasteiger partial charge in [0.05, 0.1) is 13.2 Å². The molecule has 0 aliphatic rings. The third kappa shape index (κ3) is 36.7. The van der Waals surface area contributed by atoms with E-state index < -0.39 is 51.1 Å². The average molecular weight is 786 g/mol. The number of carbonyl (C=O) groups excluding carboxylic acids is 2. The third-order valence-corrected chi connectivity index (χ3v) is 9.84. The van der Waals surface area contributed by atoms with Crippen LogP contribution in [0, 0.1) is 0 Å². The first-order valence-electron chi connectivity index (χ1n) is 21.0. The Labute approximate surface area is 327 Å². The van der Waals surface area contributed by atoms with Crippen molar-refractivity contribution < 1.29 is 47.5 Å². The molecule has 4 N–H and O–H groups in total. The first kappa shape index (κ1) is 51.7. The molecule has 0 rings (SSSR count). The van der Waals surface area contributed by atoms with Gasteiger partial charge in [-0.15, -0.1) is 0 Å². The molecule has 12 heteroatoms. The molecule has 0 saturated carbocycles. The van der Waals surface area contributed by atoms with Gasteiger partial charge < -0.3 is 25.2 Å². The summed E-state index contributed by atoms with van der Waals surface area (Å²) < 4.78 is 32.6. The first-order chi connectivity index (χ1) is 26.1. The van der Waals surface area contributed by atoms with Crippen LogP contribution in [0.5, 0.6) is 0 Å². The van der Waals surface area contributed by atoms with Gasteiger partial charge >= 0.3 is 25.7 Å². The van der Waals surface area contributed by atoms with Gasteiger partial charge in [-0.2, -0.15) is 0 Å².